The Labute approximate surface area is 151 Å². The van der Waals surface area contributed by atoms with Crippen molar-refractivity contribution in [2.75, 3.05) is 5.32 Å². The van der Waals surface area contributed by atoms with E-state index in [9.17, 15) is 4.79 Å². The van der Waals surface area contributed by atoms with E-state index in [4.69, 9.17) is 12.2 Å². The van der Waals surface area contributed by atoms with Gasteiger partial charge in [0.15, 0.2) is 10.6 Å². The highest BCUT2D eigenvalue weighted by molar-refractivity contribution is 7.71. The molecule has 1 aromatic heterocycles. The Hall–Kier alpha value is -2.73. The highest BCUT2D eigenvalue weighted by Gasteiger charge is 2.13. The highest BCUT2D eigenvalue weighted by atomic mass is 32.1. The predicted molar refractivity (Wildman–Crippen MR) is 102 cm³/mol. The maximum Gasteiger partial charge on any atom is 0.244 e. The number of nitrogens with one attached hydrogen (secondary N) is 2. The number of benzene rings is 2. The van der Waals surface area contributed by atoms with Crippen LogP contribution in [0.3, 0.4) is 0 Å². The third kappa shape index (κ3) is 3.85. The number of H-pyrrole nitrogens is 1. The molecule has 6 heteroatoms. The van der Waals surface area contributed by atoms with Crippen molar-refractivity contribution >= 4 is 23.8 Å². The van der Waals surface area contributed by atoms with Crippen LogP contribution in [0.25, 0.3) is 11.4 Å². The number of amides is 1. The number of aryl methyl sites for hydroxylation is 3. The smallest absolute Gasteiger partial charge is 0.244 e. The first-order valence-electron chi connectivity index (χ1n) is 8.03. The molecule has 128 valence electrons. The number of carbonyl (C=O) groups excluding carboxylic acids is 1. The molecule has 3 rings (SSSR count). The van der Waals surface area contributed by atoms with Crippen molar-refractivity contribution in [1.29, 1.82) is 0 Å². The Morgan fingerprint density at radius 2 is 1.96 bits per heavy atom. The van der Waals surface area contributed by atoms with Gasteiger partial charge < -0.3 is 5.32 Å². The van der Waals surface area contributed by atoms with Gasteiger partial charge in [0.05, 0.1) is 0 Å². The number of aromatic amines is 1. The Morgan fingerprint density at radius 3 is 2.68 bits per heavy atom. The second-order valence-corrected chi connectivity index (χ2v) is 6.54. The zero-order chi connectivity index (χ0) is 18.0. The van der Waals surface area contributed by atoms with Crippen LogP contribution in [0.2, 0.25) is 0 Å². The number of carbonyl (C=O) groups is 1. The average Bonchev–Trinajstić information content (AvgIpc) is 2.92. The number of nitrogens with zero attached hydrogens (tertiary/aromatic N) is 2. The average molecular weight is 352 g/mol. The second kappa shape index (κ2) is 7.03. The van der Waals surface area contributed by atoms with Crippen molar-refractivity contribution in [2.45, 2.75) is 27.3 Å². The molecule has 0 aliphatic carbocycles. The molecule has 0 atom stereocenters. The molecule has 3 aromatic rings. The summed E-state index contributed by atoms with van der Waals surface area (Å²) in [5.74, 6) is 0.513. The van der Waals surface area contributed by atoms with E-state index < -0.39 is 0 Å². The summed E-state index contributed by atoms with van der Waals surface area (Å²) in [5, 5.41) is 9.97. The summed E-state index contributed by atoms with van der Waals surface area (Å²) in [6, 6.07) is 13.8. The number of aromatic nitrogens is 3. The Balaban J connectivity index is 1.83. The summed E-state index contributed by atoms with van der Waals surface area (Å²) in [6.45, 7) is 6.18. The largest absolute Gasteiger partial charge is 0.325 e. The molecule has 2 aromatic carbocycles. The summed E-state index contributed by atoms with van der Waals surface area (Å²) in [4.78, 5) is 12.5. The van der Waals surface area contributed by atoms with Gasteiger partial charge in [-0.05, 0) is 62.3 Å². The van der Waals surface area contributed by atoms with Crippen LogP contribution in [0.15, 0.2) is 42.5 Å². The molecule has 2 N–H and O–H groups in total. The summed E-state index contributed by atoms with van der Waals surface area (Å²) >= 11 is 5.29. The van der Waals surface area contributed by atoms with E-state index in [0.717, 1.165) is 22.4 Å². The number of hydrogen-bond acceptors (Lipinski definition) is 3. The Bertz CT molecular complexity index is 987. The van der Waals surface area contributed by atoms with E-state index in [2.05, 4.69) is 15.5 Å². The normalized spacial score (nSPS) is 10.7. The van der Waals surface area contributed by atoms with Crippen LogP contribution in [0.5, 0.6) is 0 Å². The minimum Gasteiger partial charge on any atom is -0.325 e. The molecule has 0 radical (unpaired) electrons. The van der Waals surface area contributed by atoms with Crippen LogP contribution in [0, 0.1) is 25.5 Å². The summed E-state index contributed by atoms with van der Waals surface area (Å²) in [6.07, 6.45) is 0. The van der Waals surface area contributed by atoms with E-state index in [1.165, 1.54) is 5.56 Å². The minimum absolute atomic E-state index is 0.103. The van der Waals surface area contributed by atoms with Gasteiger partial charge in [-0.3, -0.25) is 14.5 Å². The maximum atomic E-state index is 12.5. The van der Waals surface area contributed by atoms with E-state index >= 15 is 0 Å². The maximum absolute atomic E-state index is 12.5. The Kier molecular flexibility index (Phi) is 4.81. The lowest BCUT2D eigenvalue weighted by Crippen LogP contribution is -2.19. The standard InChI is InChI=1S/C19H20N4OS/c1-12-5-4-6-15(9-12)18-21-22-19(25)23(18)11-17(24)20-16-8-7-13(2)14(3)10-16/h4-10H,11H2,1-3H3,(H,20,24)(H,22,25). The quantitative estimate of drug-likeness (QED) is 0.693. The molecule has 0 spiro atoms. The van der Waals surface area contributed by atoms with Crippen molar-refractivity contribution in [3.8, 4) is 11.4 Å². The number of hydrogen-bond donors (Lipinski definition) is 2. The van der Waals surface area contributed by atoms with Crippen LogP contribution in [-0.4, -0.2) is 20.7 Å². The number of anilines is 1. The molecule has 5 nitrogen and oxygen atoms in total. The van der Waals surface area contributed by atoms with Gasteiger partial charge in [-0.15, -0.1) is 0 Å². The fraction of sp³-hybridized carbons (Fsp3) is 0.211. The van der Waals surface area contributed by atoms with Gasteiger partial charge >= 0.3 is 0 Å². The molecule has 1 heterocycles. The van der Waals surface area contributed by atoms with Gasteiger partial charge in [0.2, 0.25) is 5.91 Å². The second-order valence-electron chi connectivity index (χ2n) is 6.16. The topological polar surface area (TPSA) is 62.7 Å². The first-order chi connectivity index (χ1) is 11.9. The molecule has 0 unspecified atom stereocenters. The van der Waals surface area contributed by atoms with Crippen LogP contribution in [0.1, 0.15) is 16.7 Å². The molecule has 0 aliphatic heterocycles. The molecular formula is C19H20N4OS. The molecule has 0 aliphatic rings. The molecule has 0 saturated heterocycles. The van der Waals surface area contributed by atoms with Crippen molar-refractivity contribution in [2.24, 2.45) is 0 Å². The fourth-order valence-corrected chi connectivity index (χ4v) is 2.83. The monoisotopic (exact) mass is 352 g/mol. The van der Waals surface area contributed by atoms with E-state index in [0.29, 0.717) is 10.6 Å². The van der Waals surface area contributed by atoms with E-state index in [1.807, 2.05) is 63.2 Å². The van der Waals surface area contributed by atoms with Crippen LogP contribution < -0.4 is 5.32 Å². The molecule has 0 fully saturated rings. The first-order valence-corrected chi connectivity index (χ1v) is 8.44. The minimum atomic E-state index is -0.144. The van der Waals surface area contributed by atoms with Gasteiger partial charge in [0, 0.05) is 11.3 Å². The fourth-order valence-electron chi connectivity index (χ4n) is 2.63. The summed E-state index contributed by atoms with van der Waals surface area (Å²) in [7, 11) is 0. The van der Waals surface area contributed by atoms with Crippen molar-refractivity contribution in [3.63, 3.8) is 0 Å². The van der Waals surface area contributed by atoms with Crippen LogP contribution >= 0.6 is 12.2 Å². The van der Waals surface area contributed by atoms with Crippen molar-refractivity contribution < 1.29 is 4.79 Å². The lowest BCUT2D eigenvalue weighted by atomic mass is 10.1. The number of rotatable bonds is 4. The van der Waals surface area contributed by atoms with Crippen molar-refractivity contribution in [1.82, 2.24) is 14.8 Å². The summed E-state index contributed by atoms with van der Waals surface area (Å²) < 4.78 is 2.13. The first kappa shape index (κ1) is 17.1. The third-order valence-corrected chi connectivity index (χ3v) is 4.44. The van der Waals surface area contributed by atoms with Gasteiger partial charge in [-0.25, -0.2) is 0 Å². The molecule has 0 saturated carbocycles. The van der Waals surface area contributed by atoms with Gasteiger partial charge in [-0.2, -0.15) is 5.10 Å². The lowest BCUT2D eigenvalue weighted by Gasteiger charge is -2.10. The highest BCUT2D eigenvalue weighted by Crippen LogP contribution is 2.19. The molecule has 25 heavy (non-hydrogen) atoms. The van der Waals surface area contributed by atoms with Gasteiger partial charge in [0.25, 0.3) is 0 Å². The Morgan fingerprint density at radius 1 is 1.16 bits per heavy atom. The summed E-state index contributed by atoms with van der Waals surface area (Å²) in [5.41, 5.74) is 5.15. The zero-order valence-electron chi connectivity index (χ0n) is 14.5. The van der Waals surface area contributed by atoms with E-state index in [1.54, 1.807) is 4.57 Å². The van der Waals surface area contributed by atoms with Crippen LogP contribution in [0.4, 0.5) is 5.69 Å². The van der Waals surface area contributed by atoms with Crippen molar-refractivity contribution in [3.05, 3.63) is 63.9 Å². The molecule has 0 bridgehead atoms. The molecular weight excluding hydrogens is 332 g/mol. The molecule has 1 amide bonds. The van der Waals surface area contributed by atoms with Crippen LogP contribution in [-0.2, 0) is 11.3 Å². The third-order valence-electron chi connectivity index (χ3n) is 4.13. The van der Waals surface area contributed by atoms with Gasteiger partial charge in [-0.1, -0.05) is 29.8 Å². The SMILES string of the molecule is Cc1cccc(-c2n[nH]c(=S)n2CC(=O)Nc2ccc(C)c(C)c2)c1. The van der Waals surface area contributed by atoms with Gasteiger partial charge in [0.1, 0.15) is 6.54 Å². The lowest BCUT2D eigenvalue weighted by molar-refractivity contribution is -0.116. The van der Waals surface area contributed by atoms with E-state index in [-0.39, 0.29) is 12.5 Å². The predicted octanol–water partition coefficient (Wildman–Crippen LogP) is 4.17. The zero-order valence-corrected chi connectivity index (χ0v) is 15.3.